The molecule has 4 aromatic heterocycles. The smallest absolute Gasteiger partial charge is 0.494 e. The average molecular weight is 1060 g/mol. The Balaban J connectivity index is 0.000000166. The fourth-order valence-electron chi connectivity index (χ4n) is 7.98. The molecule has 18 nitrogen and oxygen atoms in total. The van der Waals surface area contributed by atoms with Gasteiger partial charge in [-0.25, -0.2) is 19.9 Å². The van der Waals surface area contributed by atoms with Crippen LogP contribution in [0.5, 0.6) is 34.5 Å². The molecule has 2 atom stereocenters. The van der Waals surface area contributed by atoms with E-state index in [9.17, 15) is 26.3 Å². The summed E-state index contributed by atoms with van der Waals surface area (Å²) in [7, 11) is 6.63. The van der Waals surface area contributed by atoms with Gasteiger partial charge in [0.1, 0.15) is 36.2 Å². The third kappa shape index (κ3) is 12.8. The summed E-state index contributed by atoms with van der Waals surface area (Å²) >= 11 is 5.78. The van der Waals surface area contributed by atoms with Crippen LogP contribution in [0, 0.1) is 13.8 Å². The molecule has 2 aliphatic heterocycles. The number of hydrogen-bond donors (Lipinski definition) is 2. The zero-order chi connectivity index (χ0) is 53.6. The molecule has 10 rings (SSSR count). The molecule has 0 saturated carbocycles. The number of methoxy groups -OCH3 is 2. The largest absolute Gasteiger partial charge is 0.573 e. The summed E-state index contributed by atoms with van der Waals surface area (Å²) in [6, 6.07) is 21.9. The van der Waals surface area contributed by atoms with E-state index in [1.807, 2.05) is 59.6 Å². The highest BCUT2D eigenvalue weighted by Crippen LogP contribution is 2.43. The summed E-state index contributed by atoms with van der Waals surface area (Å²) < 4.78 is 111. The number of benzene rings is 4. The second kappa shape index (κ2) is 22.2. The maximum absolute atomic E-state index is 13.0. The van der Waals surface area contributed by atoms with E-state index in [0.717, 1.165) is 28.5 Å². The molecule has 2 unspecified atom stereocenters. The molecule has 8 aromatic rings. The van der Waals surface area contributed by atoms with Crippen molar-refractivity contribution < 1.29 is 54.8 Å². The van der Waals surface area contributed by atoms with Gasteiger partial charge in [0, 0.05) is 61.1 Å². The van der Waals surface area contributed by atoms with Crippen LogP contribution in [0.3, 0.4) is 0 Å². The highest BCUT2D eigenvalue weighted by Gasteiger charge is 2.37. The number of hydrogen-bond acceptors (Lipinski definition) is 16. The van der Waals surface area contributed by atoms with E-state index in [0.29, 0.717) is 51.4 Å². The van der Waals surface area contributed by atoms with Crippen LogP contribution in [0.15, 0.2) is 122 Å². The maximum atomic E-state index is 13.0. The molecule has 0 bridgehead atoms. The van der Waals surface area contributed by atoms with Gasteiger partial charge in [0.15, 0.2) is 23.1 Å². The molecule has 75 heavy (non-hydrogen) atoms. The normalized spacial score (nSPS) is 14.8. The molecule has 0 radical (unpaired) electrons. The predicted octanol–water partition coefficient (Wildman–Crippen LogP) is 10.6. The molecule has 25 heteroatoms. The quantitative estimate of drug-likeness (QED) is 0.0747. The second-order valence-corrected chi connectivity index (χ2v) is 16.9. The lowest BCUT2D eigenvalue weighted by Gasteiger charge is -2.35. The van der Waals surface area contributed by atoms with Crippen molar-refractivity contribution in [2.45, 2.75) is 38.7 Å². The average Bonchev–Trinajstić information content (AvgIpc) is 4.02. The predicted molar refractivity (Wildman–Crippen MR) is 266 cm³/mol. The van der Waals surface area contributed by atoms with E-state index < -0.39 is 24.8 Å². The number of aryl methyl sites for hydroxylation is 2. The minimum Gasteiger partial charge on any atom is -0.494 e. The lowest BCUT2D eigenvalue weighted by molar-refractivity contribution is -0.276. The first-order chi connectivity index (χ1) is 35.8. The fraction of sp³-hybridized carbons (Fsp3) is 0.240. The van der Waals surface area contributed by atoms with Crippen molar-refractivity contribution in [3.63, 3.8) is 0 Å². The number of nitrogens with zero attached hydrogens (tertiary/aromatic N) is 10. The Labute approximate surface area is 430 Å². The van der Waals surface area contributed by atoms with Gasteiger partial charge >= 0.3 is 12.7 Å². The zero-order valence-electron chi connectivity index (χ0n) is 40.8. The molecule has 2 aliphatic rings. The summed E-state index contributed by atoms with van der Waals surface area (Å²) in [5.74, 6) is 2.74. The van der Waals surface area contributed by atoms with Gasteiger partial charge in [-0.15, -0.1) is 26.3 Å². The zero-order valence-corrected chi connectivity index (χ0v) is 41.5. The van der Waals surface area contributed by atoms with Gasteiger partial charge in [0.25, 0.3) is 0 Å². The number of fused-ring (bicyclic) bond motifs is 2. The molecule has 392 valence electrons. The Hall–Kier alpha value is -8.67. The maximum Gasteiger partial charge on any atom is 0.573 e. The molecule has 0 fully saturated rings. The van der Waals surface area contributed by atoms with Gasteiger partial charge in [-0.3, -0.25) is 0 Å². The molecule has 3 N–H and O–H groups in total. The van der Waals surface area contributed by atoms with Crippen LogP contribution >= 0.6 is 11.6 Å². The second-order valence-electron chi connectivity index (χ2n) is 16.5. The van der Waals surface area contributed by atoms with Gasteiger partial charge < -0.3 is 58.4 Å². The Morgan fingerprint density at radius 3 is 1.60 bits per heavy atom. The third-order valence-electron chi connectivity index (χ3n) is 11.5. The number of rotatable bonds is 10. The number of anilines is 5. The lowest BCUT2D eigenvalue weighted by Crippen LogP contribution is -2.35. The first kappa shape index (κ1) is 52.6. The Morgan fingerprint density at radius 2 is 1.11 bits per heavy atom. The number of nitrogens with two attached hydrogens (primary N) is 1. The number of nitrogens with one attached hydrogen (secondary N) is 1. The van der Waals surface area contributed by atoms with Gasteiger partial charge in [-0.05, 0) is 61.8 Å². The number of halogens is 7. The van der Waals surface area contributed by atoms with Gasteiger partial charge in [-0.2, -0.15) is 9.97 Å². The van der Waals surface area contributed by atoms with Crippen LogP contribution in [0.25, 0.3) is 11.4 Å². The van der Waals surface area contributed by atoms with E-state index in [-0.39, 0.29) is 35.9 Å². The van der Waals surface area contributed by atoms with Crippen molar-refractivity contribution in [1.82, 2.24) is 39.0 Å². The van der Waals surface area contributed by atoms with E-state index in [2.05, 4.69) is 44.7 Å². The monoisotopic (exact) mass is 1060 g/mol. The Bertz CT molecular complexity index is 3270. The van der Waals surface area contributed by atoms with E-state index in [1.165, 1.54) is 36.7 Å². The topological polar surface area (TPSA) is 187 Å². The minimum absolute atomic E-state index is 0.0275. The molecular weight excluding hydrogens is 1010 g/mol. The fourth-order valence-corrected chi connectivity index (χ4v) is 8.11. The van der Waals surface area contributed by atoms with Crippen molar-refractivity contribution in [3.8, 4) is 45.9 Å². The summed E-state index contributed by atoms with van der Waals surface area (Å²) in [5.41, 5.74) is 11.3. The number of nitrogen functional groups attached to an aromatic ring is 1. The highest BCUT2D eigenvalue weighted by molar-refractivity contribution is 6.28. The molecular formula is C50H47ClF6N12O6. The first-order valence-electron chi connectivity index (χ1n) is 22.5. The first-order valence-corrected chi connectivity index (χ1v) is 22.9. The van der Waals surface area contributed by atoms with Crippen molar-refractivity contribution in [2.75, 3.05) is 62.4 Å². The third-order valence-corrected chi connectivity index (χ3v) is 11.6. The van der Waals surface area contributed by atoms with Crippen molar-refractivity contribution in [2.24, 2.45) is 0 Å². The summed E-state index contributed by atoms with van der Waals surface area (Å²) in [6.07, 6.45) is 0.656. The van der Waals surface area contributed by atoms with Crippen LogP contribution in [0.2, 0.25) is 5.28 Å². The number of alkyl halides is 6. The molecule has 6 heterocycles. The van der Waals surface area contributed by atoms with Crippen molar-refractivity contribution >= 4 is 40.6 Å². The summed E-state index contributed by atoms with van der Waals surface area (Å²) in [5, 5.41) is 3.17. The lowest BCUT2D eigenvalue weighted by atomic mass is 10.0. The van der Waals surface area contributed by atoms with Crippen LogP contribution in [-0.2, 0) is 0 Å². The highest BCUT2D eigenvalue weighted by atomic mass is 35.5. The van der Waals surface area contributed by atoms with E-state index >= 15 is 0 Å². The van der Waals surface area contributed by atoms with Crippen LogP contribution in [-0.4, -0.2) is 93.3 Å². The standard InChI is InChI=1S/C25H23F3N6O3.C14H11ClF3N3O2.C11H13N3O/c1-15-12-34(14-30-15)18-9-8-16(10-21(18)35-3)31-24-29-11-22-23(32-24)33(2)19(13-36-22)17-6-4-5-7-20(17)37-25(26,27)28;1-21-9(7-22-11-6-19-13(15)20-12(11)21)8-4-2-3-5-10(8)23-14(16,17)18;1-8-6-14(7-13-8)10-4-3-9(12)5-11(10)15-2/h4-12,14,19H,13H2,1-3H3,(H,29,31,32);2-6,9H,7H2,1H3;3-7H,12H2,1-2H3. The van der Waals surface area contributed by atoms with Crippen molar-refractivity contribution in [1.29, 1.82) is 0 Å². The number of para-hydroxylation sites is 2. The van der Waals surface area contributed by atoms with Gasteiger partial charge in [-0.1, -0.05) is 36.4 Å². The molecule has 0 spiro atoms. The number of imidazole rings is 2. The van der Waals surface area contributed by atoms with E-state index in [4.69, 9.17) is 36.3 Å². The summed E-state index contributed by atoms with van der Waals surface area (Å²) in [6.45, 7) is 4.08. The van der Waals surface area contributed by atoms with Crippen LogP contribution in [0.1, 0.15) is 34.6 Å². The minimum atomic E-state index is -4.81. The molecule has 0 amide bonds. The molecule has 4 aromatic carbocycles. The van der Waals surface area contributed by atoms with Crippen LogP contribution in [0.4, 0.5) is 55.3 Å². The van der Waals surface area contributed by atoms with Gasteiger partial charge in [0.2, 0.25) is 11.2 Å². The van der Waals surface area contributed by atoms with Gasteiger partial charge in [0.05, 0.1) is 74.1 Å². The SMILES string of the molecule is CN1c2nc(Cl)ncc2OCC1c1ccccc1OC(F)(F)F.COc1cc(N)ccc1-n1cnc(C)c1.COc1cc(Nc2ncc3c(n2)N(C)C(c2ccccc2OC(F)(F)F)CO3)ccc1-n1cnc(C)c1. The summed E-state index contributed by atoms with van der Waals surface area (Å²) in [4.78, 5) is 28.6. The number of ether oxygens (including phenoxy) is 6. The molecule has 0 saturated heterocycles. The van der Waals surface area contributed by atoms with E-state index in [1.54, 1.807) is 87.2 Å². The number of aromatic nitrogens is 8. The Morgan fingerprint density at radius 1 is 0.627 bits per heavy atom. The van der Waals surface area contributed by atoms with Crippen molar-refractivity contribution in [3.05, 3.63) is 150 Å². The molecule has 0 aliphatic carbocycles. The number of likely N-dealkylation sites (N-methyl/N-ethyl adjacent to an activating group) is 2. The van der Waals surface area contributed by atoms with Crippen LogP contribution < -0.4 is 49.3 Å². The Kier molecular flexibility index (Phi) is 15.6.